The quantitative estimate of drug-likeness (QED) is 0.572. The van der Waals surface area contributed by atoms with Gasteiger partial charge in [-0.15, -0.1) is 0 Å². The lowest BCUT2D eigenvalue weighted by molar-refractivity contribution is -0.0277. The van der Waals surface area contributed by atoms with Crippen molar-refractivity contribution in [3.05, 3.63) is 0 Å². The highest BCUT2D eigenvalue weighted by molar-refractivity contribution is 4.86. The van der Waals surface area contributed by atoms with Crippen molar-refractivity contribution in [1.29, 1.82) is 0 Å². The van der Waals surface area contributed by atoms with Crippen LogP contribution in [0, 0.1) is 5.92 Å². The van der Waals surface area contributed by atoms with Crippen molar-refractivity contribution in [2.24, 2.45) is 11.7 Å². The first kappa shape index (κ1) is 8.02. The topological polar surface area (TPSA) is 46.2 Å². The van der Waals surface area contributed by atoms with Gasteiger partial charge in [0.2, 0.25) is 0 Å². The first-order valence-electron chi connectivity index (χ1n) is 4.09. The average Bonchev–Trinajstić information content (AvgIpc) is 1.87. The minimum absolute atomic E-state index is 0.334. The molecule has 0 spiro atoms. The second-order valence-corrected chi connectivity index (χ2v) is 3.54. The van der Waals surface area contributed by atoms with Crippen LogP contribution in [0.4, 0.5) is 0 Å². The molecule has 0 radical (unpaired) electrons. The van der Waals surface area contributed by atoms with Crippen LogP contribution in [0.2, 0.25) is 0 Å². The Morgan fingerprint density at radius 2 is 2.30 bits per heavy atom. The molecule has 3 N–H and O–H groups in total. The lowest BCUT2D eigenvalue weighted by atomic mass is 9.77. The zero-order valence-electron chi connectivity index (χ0n) is 6.64. The summed E-state index contributed by atoms with van der Waals surface area (Å²) < 4.78 is 0. The maximum atomic E-state index is 9.75. The molecule has 0 saturated heterocycles. The molecule has 2 atom stereocenters. The van der Waals surface area contributed by atoms with Gasteiger partial charge in [-0.3, -0.25) is 0 Å². The summed E-state index contributed by atoms with van der Waals surface area (Å²) in [6, 6.07) is 0. The lowest BCUT2D eigenvalue weighted by Crippen LogP contribution is -2.41. The van der Waals surface area contributed by atoms with Gasteiger partial charge in [-0.2, -0.15) is 0 Å². The Bertz CT molecular complexity index is 112. The molecule has 2 nitrogen and oxygen atoms in total. The Kier molecular flexibility index (Phi) is 2.32. The molecule has 2 heteroatoms. The van der Waals surface area contributed by atoms with Crippen molar-refractivity contribution in [2.45, 2.75) is 38.2 Å². The van der Waals surface area contributed by atoms with E-state index in [9.17, 15) is 5.11 Å². The van der Waals surface area contributed by atoms with Crippen molar-refractivity contribution in [2.75, 3.05) is 6.54 Å². The summed E-state index contributed by atoms with van der Waals surface area (Å²) in [5.41, 5.74) is 5.04. The van der Waals surface area contributed by atoms with E-state index in [1.54, 1.807) is 0 Å². The van der Waals surface area contributed by atoms with E-state index in [1.165, 1.54) is 6.42 Å². The maximum Gasteiger partial charge on any atom is 0.0659 e. The molecule has 1 rings (SSSR count). The van der Waals surface area contributed by atoms with Gasteiger partial charge < -0.3 is 10.8 Å². The van der Waals surface area contributed by atoms with E-state index in [2.05, 4.69) is 0 Å². The van der Waals surface area contributed by atoms with Gasteiger partial charge in [-0.25, -0.2) is 0 Å². The molecular weight excluding hydrogens is 126 g/mol. The standard InChI is InChI=1S/C8H17NO/c1-8(10)5-3-2-4-7(8)6-9/h7,10H,2-6,9H2,1H3/t7?,8-/m1/s1. The Hall–Kier alpha value is -0.0800. The molecule has 1 unspecified atom stereocenters. The minimum Gasteiger partial charge on any atom is -0.390 e. The highest BCUT2D eigenvalue weighted by Gasteiger charge is 2.32. The molecule has 1 aliphatic carbocycles. The second kappa shape index (κ2) is 2.89. The van der Waals surface area contributed by atoms with Crippen LogP contribution >= 0.6 is 0 Å². The Balaban J connectivity index is 2.51. The van der Waals surface area contributed by atoms with Crippen LogP contribution in [0.5, 0.6) is 0 Å². The minimum atomic E-state index is -0.479. The van der Waals surface area contributed by atoms with E-state index in [1.807, 2.05) is 6.92 Å². The Morgan fingerprint density at radius 3 is 2.70 bits per heavy atom. The van der Waals surface area contributed by atoms with E-state index >= 15 is 0 Å². The highest BCUT2D eigenvalue weighted by Crippen LogP contribution is 2.32. The lowest BCUT2D eigenvalue weighted by Gasteiger charge is -2.36. The van der Waals surface area contributed by atoms with Crippen molar-refractivity contribution >= 4 is 0 Å². The smallest absolute Gasteiger partial charge is 0.0659 e. The van der Waals surface area contributed by atoms with Crippen LogP contribution in [0.3, 0.4) is 0 Å². The molecule has 0 aromatic rings. The molecule has 60 valence electrons. The van der Waals surface area contributed by atoms with Crippen LogP contribution in [0.25, 0.3) is 0 Å². The third kappa shape index (κ3) is 1.50. The fraction of sp³-hybridized carbons (Fsp3) is 1.00. The van der Waals surface area contributed by atoms with Gasteiger partial charge in [0, 0.05) is 0 Å². The number of nitrogens with two attached hydrogens (primary N) is 1. The van der Waals surface area contributed by atoms with Crippen LogP contribution in [0.1, 0.15) is 32.6 Å². The molecule has 0 bridgehead atoms. The maximum absolute atomic E-state index is 9.75. The van der Waals surface area contributed by atoms with E-state index in [-0.39, 0.29) is 0 Å². The van der Waals surface area contributed by atoms with Gasteiger partial charge in [0.1, 0.15) is 0 Å². The fourth-order valence-electron chi connectivity index (χ4n) is 1.76. The first-order valence-corrected chi connectivity index (χ1v) is 4.09. The first-order chi connectivity index (χ1) is 4.67. The van der Waals surface area contributed by atoms with E-state index in [4.69, 9.17) is 5.73 Å². The monoisotopic (exact) mass is 143 g/mol. The predicted octanol–water partition coefficient (Wildman–Crippen LogP) is 0.886. The number of hydrogen-bond acceptors (Lipinski definition) is 2. The van der Waals surface area contributed by atoms with Crippen LogP contribution < -0.4 is 5.73 Å². The average molecular weight is 143 g/mol. The summed E-state index contributed by atoms with van der Waals surface area (Å²) in [5, 5.41) is 9.75. The molecule has 0 heterocycles. The molecule has 0 aromatic carbocycles. The van der Waals surface area contributed by atoms with Gasteiger partial charge >= 0.3 is 0 Å². The predicted molar refractivity (Wildman–Crippen MR) is 41.6 cm³/mol. The zero-order chi connectivity index (χ0) is 7.61. The largest absolute Gasteiger partial charge is 0.390 e. The van der Waals surface area contributed by atoms with Gasteiger partial charge in [0.05, 0.1) is 5.60 Å². The number of rotatable bonds is 1. The molecule has 0 aliphatic heterocycles. The van der Waals surface area contributed by atoms with E-state index < -0.39 is 5.60 Å². The second-order valence-electron chi connectivity index (χ2n) is 3.54. The van der Waals surface area contributed by atoms with Crippen molar-refractivity contribution in [1.82, 2.24) is 0 Å². The van der Waals surface area contributed by atoms with Gasteiger partial charge in [-0.05, 0) is 32.2 Å². The summed E-state index contributed by atoms with van der Waals surface area (Å²) in [7, 11) is 0. The van der Waals surface area contributed by atoms with Crippen LogP contribution in [-0.2, 0) is 0 Å². The summed E-state index contributed by atoms with van der Waals surface area (Å²) in [4.78, 5) is 0. The third-order valence-corrected chi connectivity index (χ3v) is 2.65. The normalized spacial score (nSPS) is 41.7. The fourth-order valence-corrected chi connectivity index (χ4v) is 1.76. The number of hydrogen-bond donors (Lipinski definition) is 2. The van der Waals surface area contributed by atoms with Gasteiger partial charge in [-0.1, -0.05) is 12.8 Å². The number of aliphatic hydroxyl groups is 1. The van der Waals surface area contributed by atoms with Crippen molar-refractivity contribution < 1.29 is 5.11 Å². The summed E-state index contributed by atoms with van der Waals surface area (Å²) >= 11 is 0. The Morgan fingerprint density at radius 1 is 1.60 bits per heavy atom. The summed E-state index contributed by atoms with van der Waals surface area (Å²) in [6.45, 7) is 2.54. The molecular formula is C8H17NO. The molecule has 1 aliphatic rings. The van der Waals surface area contributed by atoms with Gasteiger partial charge in [0.15, 0.2) is 0 Å². The molecule has 10 heavy (non-hydrogen) atoms. The van der Waals surface area contributed by atoms with Gasteiger partial charge in [0.25, 0.3) is 0 Å². The Labute approximate surface area is 62.4 Å². The molecule has 1 fully saturated rings. The molecule has 0 amide bonds. The molecule has 0 aromatic heterocycles. The van der Waals surface area contributed by atoms with Crippen molar-refractivity contribution in [3.63, 3.8) is 0 Å². The summed E-state index contributed by atoms with van der Waals surface area (Å²) in [6.07, 6.45) is 4.42. The zero-order valence-corrected chi connectivity index (χ0v) is 6.64. The van der Waals surface area contributed by atoms with Crippen molar-refractivity contribution in [3.8, 4) is 0 Å². The molecule has 1 saturated carbocycles. The SMILES string of the molecule is C[C@@]1(O)CCCCC1CN. The highest BCUT2D eigenvalue weighted by atomic mass is 16.3. The third-order valence-electron chi connectivity index (χ3n) is 2.65. The summed E-state index contributed by atoms with van der Waals surface area (Å²) in [5.74, 6) is 0.334. The van der Waals surface area contributed by atoms with E-state index in [0.29, 0.717) is 12.5 Å². The van der Waals surface area contributed by atoms with E-state index in [0.717, 1.165) is 19.3 Å². The van der Waals surface area contributed by atoms with Crippen LogP contribution in [-0.4, -0.2) is 17.3 Å². The van der Waals surface area contributed by atoms with Crippen LogP contribution in [0.15, 0.2) is 0 Å².